The zero-order chi connectivity index (χ0) is 20.5. The topological polar surface area (TPSA) is 78.3 Å². The molecule has 29 heavy (non-hydrogen) atoms. The molecule has 0 aliphatic heterocycles. The van der Waals surface area contributed by atoms with Gasteiger partial charge in [0.2, 0.25) is 0 Å². The lowest BCUT2D eigenvalue weighted by Gasteiger charge is -2.12. The Morgan fingerprint density at radius 3 is 2.52 bits per heavy atom. The molecule has 0 radical (unpaired) electrons. The maximum atomic E-state index is 12.4. The summed E-state index contributed by atoms with van der Waals surface area (Å²) in [4.78, 5) is 12.4. The van der Waals surface area contributed by atoms with Crippen LogP contribution < -0.4 is 14.8 Å². The Hall–Kier alpha value is -3.35. The molecule has 1 aromatic heterocycles. The summed E-state index contributed by atoms with van der Waals surface area (Å²) in [6, 6.07) is 13.4. The summed E-state index contributed by atoms with van der Waals surface area (Å²) in [5.74, 6) is 1.43. The van der Waals surface area contributed by atoms with Crippen molar-refractivity contribution in [2.45, 2.75) is 26.7 Å². The second kappa shape index (κ2) is 10.3. The monoisotopic (exact) mass is 394 g/mol. The first-order valence-corrected chi connectivity index (χ1v) is 9.83. The van der Waals surface area contributed by atoms with Crippen molar-refractivity contribution >= 4 is 5.91 Å². The fraction of sp³-hybridized carbons (Fsp3) is 0.318. The number of hydrogen-bond donors (Lipinski definition) is 1. The molecule has 0 saturated carbocycles. The van der Waals surface area contributed by atoms with Gasteiger partial charge in [-0.2, -0.15) is 0 Å². The summed E-state index contributed by atoms with van der Waals surface area (Å²) in [7, 11) is 0. The molecule has 0 aliphatic carbocycles. The molecule has 2 aromatic carbocycles. The van der Waals surface area contributed by atoms with E-state index in [9.17, 15) is 4.79 Å². The lowest BCUT2D eigenvalue weighted by atomic mass is 10.1. The van der Waals surface area contributed by atoms with Gasteiger partial charge < -0.3 is 14.8 Å². The summed E-state index contributed by atoms with van der Waals surface area (Å²) in [5, 5.41) is 10.6. The highest BCUT2D eigenvalue weighted by molar-refractivity contribution is 5.94. The van der Waals surface area contributed by atoms with Gasteiger partial charge in [-0.25, -0.2) is 0 Å². The highest BCUT2D eigenvalue weighted by Gasteiger charge is 2.08. The van der Waals surface area contributed by atoms with E-state index in [1.165, 1.54) is 0 Å². The number of benzene rings is 2. The molecule has 0 spiro atoms. The molecular formula is C22H26N4O3. The lowest BCUT2D eigenvalue weighted by molar-refractivity contribution is 0.0953. The third kappa shape index (κ3) is 5.57. The van der Waals surface area contributed by atoms with Crippen molar-refractivity contribution in [3.05, 3.63) is 66.2 Å². The molecular weight excluding hydrogens is 368 g/mol. The number of amides is 1. The number of nitrogens with one attached hydrogen (secondary N) is 1. The van der Waals surface area contributed by atoms with Crippen LogP contribution in [0, 0.1) is 0 Å². The quantitative estimate of drug-likeness (QED) is 0.533. The van der Waals surface area contributed by atoms with Crippen LogP contribution in [-0.2, 0) is 6.42 Å². The van der Waals surface area contributed by atoms with Crippen LogP contribution in [-0.4, -0.2) is 40.4 Å². The van der Waals surface area contributed by atoms with Gasteiger partial charge in [-0.1, -0.05) is 12.1 Å². The van der Waals surface area contributed by atoms with Crippen LogP contribution in [0.2, 0.25) is 0 Å². The van der Waals surface area contributed by atoms with Gasteiger partial charge in [-0.3, -0.25) is 9.36 Å². The van der Waals surface area contributed by atoms with Crippen LogP contribution in [0.1, 0.15) is 36.2 Å². The van der Waals surface area contributed by atoms with Crippen LogP contribution >= 0.6 is 0 Å². The fourth-order valence-electron chi connectivity index (χ4n) is 2.99. The second-order valence-electron chi connectivity index (χ2n) is 6.43. The van der Waals surface area contributed by atoms with Crippen molar-refractivity contribution in [2.24, 2.45) is 0 Å². The molecule has 3 aromatic rings. The van der Waals surface area contributed by atoms with Gasteiger partial charge in [-0.05, 0) is 62.6 Å². The predicted octanol–water partition coefficient (Wildman–Crippen LogP) is 3.43. The maximum absolute atomic E-state index is 12.4. The number of carbonyl (C=O) groups is 1. The Morgan fingerprint density at radius 2 is 1.76 bits per heavy atom. The average Bonchev–Trinajstić information content (AvgIpc) is 3.28. The van der Waals surface area contributed by atoms with E-state index in [2.05, 4.69) is 15.5 Å². The number of aromatic nitrogens is 3. The van der Waals surface area contributed by atoms with Gasteiger partial charge in [0.05, 0.1) is 13.2 Å². The Labute approximate surface area is 170 Å². The van der Waals surface area contributed by atoms with Gasteiger partial charge in [0.15, 0.2) is 11.5 Å². The molecule has 1 amide bonds. The van der Waals surface area contributed by atoms with Crippen molar-refractivity contribution < 1.29 is 14.3 Å². The van der Waals surface area contributed by atoms with Gasteiger partial charge in [0, 0.05) is 17.8 Å². The van der Waals surface area contributed by atoms with Crippen LogP contribution in [0.25, 0.3) is 5.69 Å². The standard InChI is InChI=1S/C22H26N4O3/c1-3-28-20-11-10-17(13-21(20)29-4-2)7-6-12-23-22(27)18-8-5-9-19(14-18)26-15-24-25-16-26/h5,8-11,13-16H,3-4,6-7,12H2,1-2H3,(H,23,27). The highest BCUT2D eigenvalue weighted by Crippen LogP contribution is 2.28. The van der Waals surface area contributed by atoms with E-state index in [1.807, 2.05) is 50.2 Å². The third-order valence-corrected chi connectivity index (χ3v) is 4.36. The van der Waals surface area contributed by atoms with Crippen molar-refractivity contribution in [3.63, 3.8) is 0 Å². The SMILES string of the molecule is CCOc1ccc(CCCNC(=O)c2cccc(-n3cnnc3)c2)cc1OCC. The van der Waals surface area contributed by atoms with Crippen molar-refractivity contribution in [2.75, 3.05) is 19.8 Å². The van der Waals surface area contributed by atoms with Crippen molar-refractivity contribution in [1.82, 2.24) is 20.1 Å². The Kier molecular flexibility index (Phi) is 7.22. The molecule has 0 fully saturated rings. The van der Waals surface area contributed by atoms with Crippen LogP contribution in [0.3, 0.4) is 0 Å². The molecule has 0 aliphatic rings. The number of nitrogens with zero attached hydrogens (tertiary/aromatic N) is 3. The molecule has 3 rings (SSSR count). The third-order valence-electron chi connectivity index (χ3n) is 4.36. The zero-order valence-electron chi connectivity index (χ0n) is 16.8. The number of rotatable bonds is 10. The van der Waals surface area contributed by atoms with Gasteiger partial charge in [0.1, 0.15) is 12.7 Å². The molecule has 1 N–H and O–H groups in total. The first kappa shape index (κ1) is 20.4. The van der Waals surface area contributed by atoms with E-state index in [1.54, 1.807) is 23.3 Å². The predicted molar refractivity (Wildman–Crippen MR) is 111 cm³/mol. The molecule has 0 atom stereocenters. The van der Waals surface area contributed by atoms with E-state index in [0.29, 0.717) is 25.3 Å². The lowest BCUT2D eigenvalue weighted by Crippen LogP contribution is -2.24. The summed E-state index contributed by atoms with van der Waals surface area (Å²) < 4.78 is 13.0. The van der Waals surface area contributed by atoms with E-state index >= 15 is 0 Å². The zero-order valence-corrected chi connectivity index (χ0v) is 16.8. The molecule has 152 valence electrons. The molecule has 0 saturated heterocycles. The molecule has 0 unspecified atom stereocenters. The first-order chi connectivity index (χ1) is 14.2. The Bertz CT molecular complexity index is 926. The fourth-order valence-corrected chi connectivity index (χ4v) is 2.99. The number of aryl methyl sites for hydroxylation is 1. The van der Waals surface area contributed by atoms with E-state index in [0.717, 1.165) is 35.6 Å². The normalized spacial score (nSPS) is 10.6. The largest absolute Gasteiger partial charge is 0.490 e. The van der Waals surface area contributed by atoms with Gasteiger partial charge in [-0.15, -0.1) is 10.2 Å². The molecule has 0 bridgehead atoms. The minimum atomic E-state index is -0.0957. The molecule has 7 nitrogen and oxygen atoms in total. The Morgan fingerprint density at radius 1 is 1.00 bits per heavy atom. The average molecular weight is 394 g/mol. The summed E-state index contributed by atoms with van der Waals surface area (Å²) in [6.45, 7) is 5.69. The number of hydrogen-bond acceptors (Lipinski definition) is 5. The second-order valence-corrected chi connectivity index (χ2v) is 6.43. The Balaban J connectivity index is 1.52. The van der Waals surface area contributed by atoms with E-state index in [-0.39, 0.29) is 5.91 Å². The number of ether oxygens (including phenoxy) is 2. The van der Waals surface area contributed by atoms with Crippen LogP contribution in [0.5, 0.6) is 11.5 Å². The first-order valence-electron chi connectivity index (χ1n) is 9.83. The van der Waals surface area contributed by atoms with Gasteiger partial charge >= 0.3 is 0 Å². The van der Waals surface area contributed by atoms with E-state index in [4.69, 9.17) is 9.47 Å². The van der Waals surface area contributed by atoms with Gasteiger partial charge in [0.25, 0.3) is 5.91 Å². The number of carbonyl (C=O) groups excluding carboxylic acids is 1. The smallest absolute Gasteiger partial charge is 0.251 e. The van der Waals surface area contributed by atoms with E-state index < -0.39 is 0 Å². The minimum Gasteiger partial charge on any atom is -0.490 e. The van der Waals surface area contributed by atoms with Crippen molar-refractivity contribution in [3.8, 4) is 17.2 Å². The summed E-state index contributed by atoms with van der Waals surface area (Å²) in [5.41, 5.74) is 2.61. The summed E-state index contributed by atoms with van der Waals surface area (Å²) in [6.07, 6.45) is 4.87. The van der Waals surface area contributed by atoms with Crippen molar-refractivity contribution in [1.29, 1.82) is 0 Å². The minimum absolute atomic E-state index is 0.0957. The van der Waals surface area contributed by atoms with Crippen LogP contribution in [0.15, 0.2) is 55.1 Å². The molecule has 7 heteroatoms. The highest BCUT2D eigenvalue weighted by atomic mass is 16.5. The maximum Gasteiger partial charge on any atom is 0.251 e. The van der Waals surface area contributed by atoms with Crippen LogP contribution in [0.4, 0.5) is 0 Å². The molecule has 1 heterocycles. The summed E-state index contributed by atoms with van der Waals surface area (Å²) >= 11 is 0.